The predicted molar refractivity (Wildman–Crippen MR) is 83.9 cm³/mol. The van der Waals surface area contributed by atoms with Crippen LogP contribution in [-0.2, 0) is 16.0 Å². The van der Waals surface area contributed by atoms with Crippen LogP contribution in [0.5, 0.6) is 0 Å². The number of hydrogen-bond donors (Lipinski definition) is 1. The van der Waals surface area contributed by atoms with Crippen LogP contribution >= 0.6 is 0 Å². The molecule has 0 saturated carbocycles. The summed E-state index contributed by atoms with van der Waals surface area (Å²) in [4.78, 5) is 24.3. The van der Waals surface area contributed by atoms with Gasteiger partial charge >= 0.3 is 5.97 Å². The topological polar surface area (TPSA) is 55.4 Å². The first-order valence-electron chi connectivity index (χ1n) is 7.21. The molecule has 3 rings (SSSR count). The number of carbonyl (C=O) groups is 2. The van der Waals surface area contributed by atoms with Gasteiger partial charge in [0, 0.05) is 12.1 Å². The van der Waals surface area contributed by atoms with E-state index in [9.17, 15) is 9.59 Å². The molecular weight excluding hydrogens is 278 g/mol. The predicted octanol–water partition coefficient (Wildman–Crippen LogP) is 3.02. The summed E-state index contributed by atoms with van der Waals surface area (Å²) in [5.74, 6) is -0.742. The second-order valence-corrected chi connectivity index (χ2v) is 5.54. The van der Waals surface area contributed by atoms with Gasteiger partial charge in [0.05, 0.1) is 5.56 Å². The van der Waals surface area contributed by atoms with Crippen molar-refractivity contribution in [3.8, 4) is 0 Å². The van der Waals surface area contributed by atoms with Crippen molar-refractivity contribution >= 4 is 17.6 Å². The fourth-order valence-corrected chi connectivity index (χ4v) is 2.52. The number of amides is 1. The SMILES string of the molecule is Cc1ccc(NC(=O)[C@H]2Cc3ccccc3C(=O)O2)cc1C. The quantitative estimate of drug-likeness (QED) is 0.866. The molecule has 1 atom stereocenters. The fraction of sp³-hybridized carbons (Fsp3) is 0.222. The zero-order valence-corrected chi connectivity index (χ0v) is 12.6. The van der Waals surface area contributed by atoms with Crippen LogP contribution in [-0.4, -0.2) is 18.0 Å². The monoisotopic (exact) mass is 295 g/mol. The van der Waals surface area contributed by atoms with E-state index in [-0.39, 0.29) is 5.91 Å². The largest absolute Gasteiger partial charge is 0.448 e. The van der Waals surface area contributed by atoms with E-state index in [0.29, 0.717) is 17.7 Å². The number of carbonyl (C=O) groups excluding carboxylic acids is 2. The van der Waals surface area contributed by atoms with Crippen LogP contribution < -0.4 is 5.32 Å². The maximum Gasteiger partial charge on any atom is 0.339 e. The third-order valence-corrected chi connectivity index (χ3v) is 3.96. The smallest absolute Gasteiger partial charge is 0.339 e. The van der Waals surface area contributed by atoms with Gasteiger partial charge in [-0.2, -0.15) is 0 Å². The molecular formula is C18H17NO3. The van der Waals surface area contributed by atoms with E-state index >= 15 is 0 Å². The Kier molecular flexibility index (Phi) is 3.67. The molecule has 0 unspecified atom stereocenters. The van der Waals surface area contributed by atoms with Gasteiger partial charge < -0.3 is 10.1 Å². The number of aryl methyl sites for hydroxylation is 2. The molecule has 0 saturated heterocycles. The molecule has 22 heavy (non-hydrogen) atoms. The standard InChI is InChI=1S/C18H17NO3/c1-11-7-8-14(9-12(11)2)19-17(20)16-10-13-5-3-4-6-15(13)18(21)22-16/h3-9,16H,10H2,1-2H3,(H,19,20)/t16-/m1/s1. The Hall–Kier alpha value is -2.62. The van der Waals surface area contributed by atoms with Crippen molar-refractivity contribution in [3.05, 3.63) is 64.7 Å². The van der Waals surface area contributed by atoms with E-state index in [1.165, 1.54) is 0 Å². The molecule has 4 nitrogen and oxygen atoms in total. The highest BCUT2D eigenvalue weighted by Crippen LogP contribution is 2.22. The Labute approximate surface area is 129 Å². The molecule has 1 aliphatic rings. The van der Waals surface area contributed by atoms with Crippen molar-refractivity contribution in [1.82, 2.24) is 0 Å². The molecule has 0 aromatic heterocycles. The highest BCUT2D eigenvalue weighted by Gasteiger charge is 2.31. The van der Waals surface area contributed by atoms with E-state index in [0.717, 1.165) is 16.7 Å². The molecule has 0 bridgehead atoms. The number of cyclic esters (lactones) is 1. The van der Waals surface area contributed by atoms with Gasteiger partial charge in [-0.1, -0.05) is 24.3 Å². The second-order valence-electron chi connectivity index (χ2n) is 5.54. The van der Waals surface area contributed by atoms with Gasteiger partial charge in [-0.3, -0.25) is 4.79 Å². The third kappa shape index (κ3) is 2.72. The highest BCUT2D eigenvalue weighted by atomic mass is 16.5. The van der Waals surface area contributed by atoms with Crippen molar-refractivity contribution in [1.29, 1.82) is 0 Å². The van der Waals surface area contributed by atoms with Crippen molar-refractivity contribution in [2.75, 3.05) is 5.32 Å². The van der Waals surface area contributed by atoms with Gasteiger partial charge in [0.25, 0.3) is 5.91 Å². The summed E-state index contributed by atoms with van der Waals surface area (Å²) in [6, 6.07) is 12.9. The van der Waals surface area contributed by atoms with Crippen molar-refractivity contribution in [3.63, 3.8) is 0 Å². The number of fused-ring (bicyclic) bond motifs is 1. The minimum Gasteiger partial charge on any atom is -0.448 e. The summed E-state index contributed by atoms with van der Waals surface area (Å²) < 4.78 is 5.25. The molecule has 1 N–H and O–H groups in total. The lowest BCUT2D eigenvalue weighted by Gasteiger charge is -2.23. The summed E-state index contributed by atoms with van der Waals surface area (Å²) in [5.41, 5.74) is 4.36. The number of rotatable bonds is 2. The molecule has 0 radical (unpaired) electrons. The Morgan fingerprint density at radius 1 is 1.14 bits per heavy atom. The average Bonchev–Trinajstić information content (AvgIpc) is 2.51. The zero-order valence-electron chi connectivity index (χ0n) is 12.6. The minimum atomic E-state index is -0.788. The lowest BCUT2D eigenvalue weighted by molar-refractivity contribution is -0.125. The molecule has 0 fully saturated rings. The van der Waals surface area contributed by atoms with Crippen LogP contribution in [0, 0.1) is 13.8 Å². The average molecular weight is 295 g/mol. The fourth-order valence-electron chi connectivity index (χ4n) is 2.52. The maximum absolute atomic E-state index is 12.3. The minimum absolute atomic E-state index is 0.300. The van der Waals surface area contributed by atoms with E-state index in [2.05, 4.69) is 5.32 Å². The van der Waals surface area contributed by atoms with Gasteiger partial charge in [0.1, 0.15) is 0 Å². The summed E-state index contributed by atoms with van der Waals surface area (Å²) in [6.07, 6.45) is -0.387. The summed E-state index contributed by atoms with van der Waals surface area (Å²) in [7, 11) is 0. The van der Waals surface area contributed by atoms with Crippen molar-refractivity contribution < 1.29 is 14.3 Å². The summed E-state index contributed by atoms with van der Waals surface area (Å²) in [5, 5.41) is 2.81. The van der Waals surface area contributed by atoms with E-state index in [1.807, 2.05) is 44.2 Å². The summed E-state index contributed by atoms with van der Waals surface area (Å²) in [6.45, 7) is 4.00. The Balaban J connectivity index is 1.76. The number of esters is 1. The van der Waals surface area contributed by atoms with E-state index < -0.39 is 12.1 Å². The van der Waals surface area contributed by atoms with Gasteiger partial charge in [-0.25, -0.2) is 4.79 Å². The van der Waals surface area contributed by atoms with Crippen LogP contribution in [0.3, 0.4) is 0 Å². The van der Waals surface area contributed by atoms with Crippen LogP contribution in [0.15, 0.2) is 42.5 Å². The zero-order chi connectivity index (χ0) is 15.7. The number of ether oxygens (including phenoxy) is 1. The van der Waals surface area contributed by atoms with E-state index in [4.69, 9.17) is 4.74 Å². The highest BCUT2D eigenvalue weighted by molar-refractivity contribution is 6.00. The van der Waals surface area contributed by atoms with Crippen LogP contribution in [0.2, 0.25) is 0 Å². The normalized spacial score (nSPS) is 16.6. The third-order valence-electron chi connectivity index (χ3n) is 3.96. The molecule has 1 aliphatic heterocycles. The van der Waals surface area contributed by atoms with E-state index in [1.54, 1.807) is 12.1 Å². The number of hydrogen-bond acceptors (Lipinski definition) is 3. The van der Waals surface area contributed by atoms with Crippen molar-refractivity contribution in [2.45, 2.75) is 26.4 Å². The Bertz CT molecular complexity index is 752. The van der Waals surface area contributed by atoms with Gasteiger partial charge in [0.2, 0.25) is 0 Å². The molecule has 2 aromatic rings. The molecule has 1 amide bonds. The second kappa shape index (κ2) is 5.64. The number of benzene rings is 2. The molecule has 112 valence electrons. The lowest BCUT2D eigenvalue weighted by atomic mass is 9.98. The van der Waals surface area contributed by atoms with Crippen LogP contribution in [0.4, 0.5) is 5.69 Å². The molecule has 4 heteroatoms. The van der Waals surface area contributed by atoms with Gasteiger partial charge in [-0.05, 0) is 48.7 Å². The first kappa shape index (κ1) is 14.3. The summed E-state index contributed by atoms with van der Waals surface area (Å²) >= 11 is 0. The van der Waals surface area contributed by atoms with Gasteiger partial charge in [0.15, 0.2) is 6.10 Å². The van der Waals surface area contributed by atoms with Crippen LogP contribution in [0.1, 0.15) is 27.0 Å². The lowest BCUT2D eigenvalue weighted by Crippen LogP contribution is -2.37. The molecule has 0 aliphatic carbocycles. The number of nitrogens with one attached hydrogen (secondary N) is 1. The van der Waals surface area contributed by atoms with Crippen LogP contribution in [0.25, 0.3) is 0 Å². The molecule has 1 heterocycles. The maximum atomic E-state index is 12.3. The molecule has 0 spiro atoms. The molecule has 2 aromatic carbocycles. The first-order valence-corrected chi connectivity index (χ1v) is 7.21. The number of anilines is 1. The Morgan fingerprint density at radius 3 is 2.68 bits per heavy atom. The van der Waals surface area contributed by atoms with Crippen molar-refractivity contribution in [2.24, 2.45) is 0 Å². The van der Waals surface area contributed by atoms with Gasteiger partial charge in [-0.15, -0.1) is 0 Å². The first-order chi connectivity index (χ1) is 10.5. The Morgan fingerprint density at radius 2 is 1.91 bits per heavy atom.